The molecule has 5 nitrogen and oxygen atoms in total. The zero-order chi connectivity index (χ0) is 19.5. The molecule has 3 aliphatic rings. The number of carbonyl (C=O) groups is 1. The van der Waals surface area contributed by atoms with E-state index in [0.717, 1.165) is 49.5 Å². The summed E-state index contributed by atoms with van der Waals surface area (Å²) in [7, 11) is 3.38. The van der Waals surface area contributed by atoms with Crippen molar-refractivity contribution < 1.29 is 14.3 Å². The van der Waals surface area contributed by atoms with E-state index >= 15 is 0 Å². The Balaban J connectivity index is 1.54. The number of rotatable bonds is 6. The molecule has 2 bridgehead atoms. The molecule has 0 unspecified atom stereocenters. The minimum Gasteiger partial charge on any atom is -0.496 e. The Morgan fingerprint density at radius 1 is 0.893 bits per heavy atom. The Hall–Kier alpha value is -2.53. The summed E-state index contributed by atoms with van der Waals surface area (Å²) in [5.74, 6) is 2.05. The molecular formula is C23H28N2O3. The number of nitrogens with zero attached hydrogens (tertiary/aromatic N) is 2. The average molecular weight is 380 g/mol. The van der Waals surface area contributed by atoms with Crippen molar-refractivity contribution in [1.29, 1.82) is 0 Å². The third kappa shape index (κ3) is 3.72. The fraction of sp³-hybridized carbons (Fsp3) is 0.435. The lowest BCUT2D eigenvalue weighted by Crippen LogP contribution is -2.47. The number of fused-ring (bicyclic) bond motifs is 4. The molecule has 0 aliphatic carbocycles. The number of carbonyl (C=O) groups excluding carboxylic acids is 1. The van der Waals surface area contributed by atoms with Crippen molar-refractivity contribution >= 4 is 5.91 Å². The van der Waals surface area contributed by atoms with Crippen LogP contribution < -0.4 is 9.47 Å². The molecule has 2 aromatic rings. The van der Waals surface area contributed by atoms with Crippen LogP contribution in [0.2, 0.25) is 0 Å². The summed E-state index contributed by atoms with van der Waals surface area (Å²) in [6, 6.07) is 16.4. The lowest BCUT2D eigenvalue weighted by atomic mass is 9.93. The molecule has 148 valence electrons. The fourth-order valence-corrected chi connectivity index (χ4v) is 4.55. The fourth-order valence-electron chi connectivity index (χ4n) is 4.55. The molecule has 0 saturated carbocycles. The van der Waals surface area contributed by atoms with Gasteiger partial charge in [-0.3, -0.25) is 9.69 Å². The Kier molecular flexibility index (Phi) is 5.53. The van der Waals surface area contributed by atoms with Gasteiger partial charge in [0.25, 0.3) is 0 Å². The van der Waals surface area contributed by atoms with Crippen LogP contribution in [0.15, 0.2) is 48.5 Å². The molecule has 0 aromatic heterocycles. The number of methoxy groups -OCH3 is 2. The maximum atomic E-state index is 13.1. The molecule has 3 aliphatic heterocycles. The normalized spacial score (nSPS) is 22.2. The van der Waals surface area contributed by atoms with E-state index in [0.29, 0.717) is 12.5 Å². The molecule has 5 heteroatoms. The molecule has 0 radical (unpaired) electrons. The Labute approximate surface area is 166 Å². The summed E-state index contributed by atoms with van der Waals surface area (Å²) < 4.78 is 11.1. The van der Waals surface area contributed by atoms with Gasteiger partial charge in [-0.1, -0.05) is 36.4 Å². The van der Waals surface area contributed by atoms with Gasteiger partial charge in [0, 0.05) is 32.2 Å². The highest BCUT2D eigenvalue weighted by molar-refractivity contribution is 5.80. The van der Waals surface area contributed by atoms with Gasteiger partial charge in [-0.05, 0) is 30.5 Å². The standard InChI is InChI=1S/C23H28N2O3/c1-27-21-9-6-10-22(28-2)20(21)16-24-14-18-11-12-19(15-24)25(23(18)26)13-17-7-4-3-5-8-17/h3-10,18-19H,11-16H2,1-2H3/t18-,19+/m0/s1. The van der Waals surface area contributed by atoms with Crippen molar-refractivity contribution in [3.05, 3.63) is 59.7 Å². The van der Waals surface area contributed by atoms with E-state index in [4.69, 9.17) is 9.47 Å². The van der Waals surface area contributed by atoms with Crippen molar-refractivity contribution in [2.75, 3.05) is 27.3 Å². The van der Waals surface area contributed by atoms with Crippen LogP contribution in [-0.4, -0.2) is 49.1 Å². The average Bonchev–Trinajstić information content (AvgIpc) is 3.00. The largest absolute Gasteiger partial charge is 0.496 e. The summed E-state index contributed by atoms with van der Waals surface area (Å²) in [6.45, 7) is 3.11. The number of benzene rings is 2. The highest BCUT2D eigenvalue weighted by Gasteiger charge is 2.40. The summed E-state index contributed by atoms with van der Waals surface area (Å²) in [5, 5.41) is 0. The van der Waals surface area contributed by atoms with Crippen molar-refractivity contribution in [3.63, 3.8) is 0 Å². The van der Waals surface area contributed by atoms with Crippen molar-refractivity contribution in [3.8, 4) is 11.5 Å². The van der Waals surface area contributed by atoms with Crippen LogP contribution in [0.25, 0.3) is 0 Å². The first-order chi connectivity index (χ1) is 13.7. The predicted octanol–water partition coefficient (Wildman–Crippen LogP) is 3.33. The van der Waals surface area contributed by atoms with E-state index in [-0.39, 0.29) is 12.0 Å². The highest BCUT2D eigenvalue weighted by atomic mass is 16.5. The van der Waals surface area contributed by atoms with Gasteiger partial charge in [0.15, 0.2) is 0 Å². The zero-order valence-electron chi connectivity index (χ0n) is 16.6. The van der Waals surface area contributed by atoms with Crippen LogP contribution in [0.3, 0.4) is 0 Å². The van der Waals surface area contributed by atoms with Gasteiger partial charge in [0.1, 0.15) is 11.5 Å². The number of amides is 1. The van der Waals surface area contributed by atoms with E-state index in [1.807, 2.05) is 36.4 Å². The molecule has 3 saturated heterocycles. The van der Waals surface area contributed by atoms with Crippen LogP contribution in [0, 0.1) is 5.92 Å². The van der Waals surface area contributed by atoms with Crippen LogP contribution in [0.1, 0.15) is 24.0 Å². The van der Waals surface area contributed by atoms with Gasteiger partial charge in [0.2, 0.25) is 5.91 Å². The first-order valence-corrected chi connectivity index (χ1v) is 9.96. The molecular weight excluding hydrogens is 352 g/mol. The van der Waals surface area contributed by atoms with Crippen molar-refractivity contribution in [1.82, 2.24) is 9.80 Å². The Morgan fingerprint density at radius 2 is 1.61 bits per heavy atom. The van der Waals surface area contributed by atoms with E-state index in [2.05, 4.69) is 21.9 Å². The van der Waals surface area contributed by atoms with Gasteiger partial charge < -0.3 is 14.4 Å². The van der Waals surface area contributed by atoms with Crippen LogP contribution in [-0.2, 0) is 17.9 Å². The van der Waals surface area contributed by atoms with Gasteiger partial charge >= 0.3 is 0 Å². The van der Waals surface area contributed by atoms with Crippen LogP contribution >= 0.6 is 0 Å². The topological polar surface area (TPSA) is 42.0 Å². The molecule has 1 amide bonds. The highest BCUT2D eigenvalue weighted by Crippen LogP contribution is 2.34. The summed E-state index contributed by atoms with van der Waals surface area (Å²) in [6.07, 6.45) is 2.05. The predicted molar refractivity (Wildman–Crippen MR) is 108 cm³/mol. The third-order valence-corrected chi connectivity index (χ3v) is 5.98. The number of hydrogen-bond donors (Lipinski definition) is 0. The number of piperidine rings is 1. The van der Waals surface area contributed by atoms with E-state index in [1.54, 1.807) is 14.2 Å². The molecule has 0 N–H and O–H groups in total. The van der Waals surface area contributed by atoms with Gasteiger partial charge in [-0.2, -0.15) is 0 Å². The zero-order valence-corrected chi connectivity index (χ0v) is 16.6. The molecule has 28 heavy (non-hydrogen) atoms. The smallest absolute Gasteiger partial charge is 0.227 e. The van der Waals surface area contributed by atoms with Crippen molar-refractivity contribution in [2.45, 2.75) is 32.0 Å². The summed E-state index contributed by atoms with van der Waals surface area (Å²) >= 11 is 0. The summed E-state index contributed by atoms with van der Waals surface area (Å²) in [5.41, 5.74) is 2.25. The van der Waals surface area contributed by atoms with Crippen LogP contribution in [0.5, 0.6) is 11.5 Å². The van der Waals surface area contributed by atoms with Gasteiger partial charge in [-0.25, -0.2) is 0 Å². The first-order valence-electron chi connectivity index (χ1n) is 9.96. The van der Waals surface area contributed by atoms with E-state index < -0.39 is 0 Å². The Bertz CT molecular complexity index is 802. The van der Waals surface area contributed by atoms with Gasteiger partial charge in [-0.15, -0.1) is 0 Å². The molecule has 5 rings (SSSR count). The maximum Gasteiger partial charge on any atom is 0.227 e. The molecule has 3 fully saturated rings. The SMILES string of the molecule is COc1cccc(OC)c1CN1C[C@@H]2CC[C@H](C1)N(Cc1ccccc1)C2=O. The second-order valence-corrected chi connectivity index (χ2v) is 7.72. The number of ether oxygens (including phenoxy) is 2. The van der Waals surface area contributed by atoms with Crippen LogP contribution in [0.4, 0.5) is 0 Å². The quantitative estimate of drug-likeness (QED) is 0.771. The first kappa shape index (κ1) is 18.8. The summed E-state index contributed by atoms with van der Waals surface area (Å²) in [4.78, 5) is 17.6. The monoisotopic (exact) mass is 380 g/mol. The van der Waals surface area contributed by atoms with E-state index in [9.17, 15) is 4.79 Å². The Morgan fingerprint density at radius 3 is 2.29 bits per heavy atom. The maximum absolute atomic E-state index is 13.1. The lowest BCUT2D eigenvalue weighted by Gasteiger charge is -2.36. The number of hydrogen-bond acceptors (Lipinski definition) is 4. The molecule has 2 atom stereocenters. The minimum atomic E-state index is 0.0724. The molecule has 2 aromatic carbocycles. The van der Waals surface area contributed by atoms with Crippen molar-refractivity contribution in [2.24, 2.45) is 5.92 Å². The van der Waals surface area contributed by atoms with E-state index in [1.165, 1.54) is 5.56 Å². The minimum absolute atomic E-state index is 0.0724. The van der Waals surface area contributed by atoms with Gasteiger partial charge in [0.05, 0.1) is 25.7 Å². The molecule has 3 heterocycles. The second-order valence-electron chi connectivity index (χ2n) is 7.72. The second kappa shape index (κ2) is 8.23. The molecule has 0 spiro atoms. The third-order valence-electron chi connectivity index (χ3n) is 5.98. The lowest BCUT2D eigenvalue weighted by molar-refractivity contribution is -0.140.